The molecule has 1 aliphatic rings. The number of hydrogen-bond donors (Lipinski definition) is 0. The Kier molecular flexibility index (Phi) is 7.23. The second kappa shape index (κ2) is 9.70. The summed E-state index contributed by atoms with van der Waals surface area (Å²) in [7, 11) is -2.05. The Balaban J connectivity index is 1.73. The Morgan fingerprint density at radius 3 is 2.32 bits per heavy atom. The van der Waals surface area contributed by atoms with Gasteiger partial charge in [0, 0.05) is 31.7 Å². The number of nitrogens with zero attached hydrogens (tertiary/aromatic N) is 2. The van der Waals surface area contributed by atoms with Crippen LogP contribution >= 0.6 is 0 Å². The van der Waals surface area contributed by atoms with Crippen molar-refractivity contribution >= 4 is 15.9 Å². The Labute approximate surface area is 184 Å². The summed E-state index contributed by atoms with van der Waals surface area (Å²) in [5.74, 6) is 0.933. The Morgan fingerprint density at radius 1 is 0.968 bits per heavy atom. The first-order chi connectivity index (χ1) is 14.7. The highest BCUT2D eigenvalue weighted by molar-refractivity contribution is 7.89. The Morgan fingerprint density at radius 2 is 1.68 bits per heavy atom. The second-order valence-corrected chi connectivity index (χ2v) is 9.83. The Hall–Kier alpha value is -2.58. The van der Waals surface area contributed by atoms with E-state index in [9.17, 15) is 13.2 Å². The molecular formula is C23H30N2O5S. The summed E-state index contributed by atoms with van der Waals surface area (Å²) in [6.07, 6.45) is 0.560. The summed E-state index contributed by atoms with van der Waals surface area (Å²) in [5, 5.41) is 0. The number of benzene rings is 2. The van der Waals surface area contributed by atoms with E-state index in [4.69, 9.17) is 9.47 Å². The molecule has 1 aliphatic heterocycles. The van der Waals surface area contributed by atoms with E-state index in [-0.39, 0.29) is 23.5 Å². The molecule has 1 fully saturated rings. The monoisotopic (exact) mass is 446 g/mol. The van der Waals surface area contributed by atoms with E-state index in [0.717, 1.165) is 5.56 Å². The summed E-state index contributed by atoms with van der Waals surface area (Å²) >= 11 is 0. The van der Waals surface area contributed by atoms with Crippen LogP contribution in [0.1, 0.15) is 36.2 Å². The first-order valence-corrected chi connectivity index (χ1v) is 11.9. The first-order valence-electron chi connectivity index (χ1n) is 10.4. The summed E-state index contributed by atoms with van der Waals surface area (Å²) in [4.78, 5) is 15.1. The number of amides is 1. The molecule has 7 nitrogen and oxygen atoms in total. The average molecular weight is 447 g/mol. The van der Waals surface area contributed by atoms with Crippen LogP contribution in [0, 0.1) is 6.92 Å². The van der Waals surface area contributed by atoms with Crippen LogP contribution in [-0.4, -0.2) is 62.9 Å². The van der Waals surface area contributed by atoms with Crippen molar-refractivity contribution in [3.05, 3.63) is 53.6 Å². The van der Waals surface area contributed by atoms with Crippen LogP contribution in [0.4, 0.5) is 0 Å². The molecule has 0 bridgehead atoms. The van der Waals surface area contributed by atoms with Crippen molar-refractivity contribution in [2.75, 3.05) is 33.3 Å². The lowest BCUT2D eigenvalue weighted by Crippen LogP contribution is -2.37. The summed E-state index contributed by atoms with van der Waals surface area (Å²) < 4.78 is 38.6. The molecule has 8 heteroatoms. The molecule has 0 atom stereocenters. The number of sulfonamides is 1. The zero-order valence-corrected chi connectivity index (χ0v) is 19.3. The normalized spacial score (nSPS) is 15.6. The van der Waals surface area contributed by atoms with Crippen molar-refractivity contribution in [3.63, 3.8) is 0 Å². The van der Waals surface area contributed by atoms with E-state index >= 15 is 0 Å². The molecule has 2 aromatic carbocycles. The fraction of sp³-hybridized carbons (Fsp3) is 0.435. The minimum atomic E-state index is -3.58. The first kappa shape index (κ1) is 23.1. The fourth-order valence-corrected chi connectivity index (χ4v) is 5.00. The van der Waals surface area contributed by atoms with E-state index in [1.165, 1.54) is 11.4 Å². The topological polar surface area (TPSA) is 76.2 Å². The maximum Gasteiger partial charge on any atom is 0.254 e. The largest absolute Gasteiger partial charge is 0.493 e. The van der Waals surface area contributed by atoms with Gasteiger partial charge in [-0.05, 0) is 57.5 Å². The van der Waals surface area contributed by atoms with Crippen LogP contribution < -0.4 is 9.47 Å². The molecule has 0 aromatic heterocycles. The lowest BCUT2D eigenvalue weighted by Gasteiger charge is -2.22. The molecule has 0 saturated carbocycles. The zero-order chi connectivity index (χ0) is 22.6. The minimum Gasteiger partial charge on any atom is -0.493 e. The van der Waals surface area contributed by atoms with Gasteiger partial charge in [-0.2, -0.15) is 4.31 Å². The molecule has 0 spiro atoms. The lowest BCUT2D eigenvalue weighted by molar-refractivity contribution is 0.0763. The van der Waals surface area contributed by atoms with Crippen molar-refractivity contribution in [1.82, 2.24) is 9.21 Å². The van der Waals surface area contributed by atoms with E-state index < -0.39 is 10.0 Å². The van der Waals surface area contributed by atoms with Crippen molar-refractivity contribution in [2.24, 2.45) is 0 Å². The third-order valence-corrected chi connectivity index (χ3v) is 7.09. The molecule has 0 radical (unpaired) electrons. The van der Waals surface area contributed by atoms with E-state index in [2.05, 4.69) is 0 Å². The third kappa shape index (κ3) is 5.37. The number of hydrogen-bond acceptors (Lipinski definition) is 5. The van der Waals surface area contributed by atoms with Gasteiger partial charge >= 0.3 is 0 Å². The number of methoxy groups -OCH3 is 1. The molecule has 1 saturated heterocycles. The molecule has 0 aliphatic carbocycles. The zero-order valence-electron chi connectivity index (χ0n) is 18.5. The van der Waals surface area contributed by atoms with Gasteiger partial charge in [0.25, 0.3) is 5.91 Å². The molecule has 168 valence electrons. The van der Waals surface area contributed by atoms with Crippen LogP contribution in [-0.2, 0) is 10.0 Å². The maximum absolute atomic E-state index is 13.1. The molecular weight excluding hydrogens is 416 g/mol. The molecule has 1 heterocycles. The molecule has 2 aromatic rings. The smallest absolute Gasteiger partial charge is 0.254 e. The van der Waals surface area contributed by atoms with Crippen molar-refractivity contribution in [1.29, 1.82) is 0 Å². The van der Waals surface area contributed by atoms with Crippen LogP contribution in [0.3, 0.4) is 0 Å². The van der Waals surface area contributed by atoms with Gasteiger partial charge in [-0.25, -0.2) is 8.42 Å². The van der Waals surface area contributed by atoms with Gasteiger partial charge in [-0.1, -0.05) is 17.7 Å². The highest BCUT2D eigenvalue weighted by Gasteiger charge is 2.28. The molecule has 3 rings (SSSR count). The van der Waals surface area contributed by atoms with Crippen molar-refractivity contribution in [3.8, 4) is 11.5 Å². The van der Waals surface area contributed by atoms with Gasteiger partial charge in [0.2, 0.25) is 10.0 Å². The molecule has 1 amide bonds. The lowest BCUT2D eigenvalue weighted by atomic mass is 10.1. The second-order valence-electron chi connectivity index (χ2n) is 7.90. The van der Waals surface area contributed by atoms with Crippen molar-refractivity contribution < 1.29 is 22.7 Å². The van der Waals surface area contributed by atoms with Gasteiger partial charge in [-0.3, -0.25) is 4.79 Å². The third-order valence-electron chi connectivity index (χ3n) is 5.17. The van der Waals surface area contributed by atoms with E-state index in [1.807, 2.05) is 20.8 Å². The highest BCUT2D eigenvalue weighted by atomic mass is 32.2. The molecule has 0 unspecified atom stereocenters. The average Bonchev–Trinajstić information content (AvgIpc) is 3.00. The van der Waals surface area contributed by atoms with Crippen LogP contribution in [0.15, 0.2) is 47.4 Å². The molecule has 31 heavy (non-hydrogen) atoms. The highest BCUT2D eigenvalue weighted by Crippen LogP contribution is 2.29. The number of rotatable bonds is 6. The fourth-order valence-electron chi connectivity index (χ4n) is 3.53. The minimum absolute atomic E-state index is 0.0116. The number of ether oxygens (including phenoxy) is 2. The van der Waals surface area contributed by atoms with Gasteiger partial charge in [-0.15, -0.1) is 0 Å². The van der Waals surface area contributed by atoms with E-state index in [0.29, 0.717) is 43.1 Å². The summed E-state index contributed by atoms with van der Waals surface area (Å²) in [6.45, 7) is 7.22. The SMILES string of the molecule is COc1cc(C(=O)N2CCCN(S(=O)(=O)c3ccc(C)cc3)CC2)ccc1OC(C)C. The van der Waals surface area contributed by atoms with Crippen LogP contribution in [0.25, 0.3) is 0 Å². The number of carbonyl (C=O) groups is 1. The van der Waals surface area contributed by atoms with Crippen LogP contribution in [0.2, 0.25) is 0 Å². The maximum atomic E-state index is 13.1. The number of aryl methyl sites for hydroxylation is 1. The van der Waals surface area contributed by atoms with Gasteiger partial charge in [0.05, 0.1) is 18.1 Å². The van der Waals surface area contributed by atoms with Gasteiger partial charge in [0.15, 0.2) is 11.5 Å². The van der Waals surface area contributed by atoms with Crippen molar-refractivity contribution in [2.45, 2.75) is 38.2 Å². The predicted molar refractivity (Wildman–Crippen MR) is 119 cm³/mol. The Bertz CT molecular complexity index is 1020. The molecule has 0 N–H and O–H groups in total. The summed E-state index contributed by atoms with van der Waals surface area (Å²) in [6, 6.07) is 12.0. The summed E-state index contributed by atoms with van der Waals surface area (Å²) in [5.41, 5.74) is 1.50. The predicted octanol–water partition coefficient (Wildman–Crippen LogP) is 3.33. The number of carbonyl (C=O) groups excluding carboxylic acids is 1. The van der Waals surface area contributed by atoms with Crippen LogP contribution in [0.5, 0.6) is 11.5 Å². The van der Waals surface area contributed by atoms with Gasteiger partial charge in [0.1, 0.15) is 0 Å². The van der Waals surface area contributed by atoms with Gasteiger partial charge < -0.3 is 14.4 Å². The van der Waals surface area contributed by atoms with E-state index in [1.54, 1.807) is 47.4 Å². The quantitative estimate of drug-likeness (QED) is 0.680. The standard InChI is InChI=1S/C23H30N2O5S/c1-17(2)30-21-11-8-19(16-22(21)29-4)23(26)24-12-5-13-25(15-14-24)31(27,28)20-9-6-18(3)7-10-20/h6-11,16-17H,5,12-15H2,1-4H3.